The zero-order valence-electron chi connectivity index (χ0n) is 15.1. The summed E-state index contributed by atoms with van der Waals surface area (Å²) >= 11 is 0. The molecule has 1 aromatic heterocycles. The molecular weight excluding hydrogens is 347 g/mol. The van der Waals surface area contributed by atoms with E-state index in [1.54, 1.807) is 45.3 Å². The molecule has 1 heterocycles. The number of alkyl carbamates (subject to hydrolysis) is 1. The molecule has 0 bridgehead atoms. The van der Waals surface area contributed by atoms with Gasteiger partial charge < -0.3 is 19.1 Å². The van der Waals surface area contributed by atoms with Crippen molar-refractivity contribution in [3.8, 4) is 0 Å². The van der Waals surface area contributed by atoms with Crippen molar-refractivity contribution in [2.24, 2.45) is 0 Å². The molecule has 1 rings (SSSR count). The van der Waals surface area contributed by atoms with E-state index in [1.807, 2.05) is 0 Å². The van der Waals surface area contributed by atoms with Gasteiger partial charge in [0, 0.05) is 26.6 Å². The van der Waals surface area contributed by atoms with Crippen LogP contribution in [0.3, 0.4) is 0 Å². The van der Waals surface area contributed by atoms with Crippen LogP contribution >= 0.6 is 7.60 Å². The molecule has 1 atom stereocenters. The molecule has 0 spiro atoms. The fraction of sp³-hybridized carbons (Fsp3) is 0.562. The van der Waals surface area contributed by atoms with E-state index < -0.39 is 37.3 Å². The zero-order chi connectivity index (χ0) is 19.1. The zero-order valence-corrected chi connectivity index (χ0v) is 16.0. The standard InChI is InChI=1S/C16H25N2O6P/c1-16(2,3)24-15(20)18-13(10-12-6-8-17-9-7-12)14(19)11-25(21,22-4)23-5/h6-9,13H,10-11H2,1-5H3,(H,18,20)/t13-/m0/s1. The first-order chi connectivity index (χ1) is 11.6. The van der Waals surface area contributed by atoms with Gasteiger partial charge in [-0.15, -0.1) is 0 Å². The summed E-state index contributed by atoms with van der Waals surface area (Å²) in [6.07, 6.45) is 2.18. The number of carbonyl (C=O) groups excluding carboxylic acids is 2. The van der Waals surface area contributed by atoms with Crippen LogP contribution in [-0.2, 0) is 29.6 Å². The number of pyridine rings is 1. The Kier molecular flexibility index (Phi) is 7.73. The van der Waals surface area contributed by atoms with E-state index in [9.17, 15) is 14.2 Å². The lowest BCUT2D eigenvalue weighted by Crippen LogP contribution is -2.45. The van der Waals surface area contributed by atoms with Crippen molar-refractivity contribution in [1.82, 2.24) is 10.3 Å². The lowest BCUT2D eigenvalue weighted by atomic mass is 10.0. The van der Waals surface area contributed by atoms with Gasteiger partial charge in [-0.1, -0.05) is 0 Å². The summed E-state index contributed by atoms with van der Waals surface area (Å²) in [5.74, 6) is -0.477. The number of rotatable bonds is 8. The summed E-state index contributed by atoms with van der Waals surface area (Å²) in [7, 11) is -1.12. The van der Waals surface area contributed by atoms with Crippen molar-refractivity contribution in [3.63, 3.8) is 0 Å². The molecule has 0 saturated carbocycles. The quantitative estimate of drug-likeness (QED) is 0.699. The van der Waals surface area contributed by atoms with Crippen LogP contribution in [0.2, 0.25) is 0 Å². The second-order valence-electron chi connectivity index (χ2n) is 6.36. The van der Waals surface area contributed by atoms with Gasteiger partial charge in [-0.2, -0.15) is 0 Å². The highest BCUT2D eigenvalue weighted by molar-refractivity contribution is 7.54. The molecule has 0 aliphatic rings. The monoisotopic (exact) mass is 372 g/mol. The summed E-state index contributed by atoms with van der Waals surface area (Å²) in [5.41, 5.74) is 0.0805. The van der Waals surface area contributed by atoms with E-state index in [0.717, 1.165) is 5.56 Å². The average Bonchev–Trinajstić information content (AvgIpc) is 2.53. The number of hydrogen-bond donors (Lipinski definition) is 1. The molecule has 25 heavy (non-hydrogen) atoms. The van der Waals surface area contributed by atoms with Crippen LogP contribution in [0.4, 0.5) is 4.79 Å². The third kappa shape index (κ3) is 7.77. The smallest absolute Gasteiger partial charge is 0.408 e. The predicted octanol–water partition coefficient (Wildman–Crippen LogP) is 2.57. The van der Waals surface area contributed by atoms with E-state index in [1.165, 1.54) is 14.2 Å². The van der Waals surface area contributed by atoms with Crippen molar-refractivity contribution in [3.05, 3.63) is 30.1 Å². The van der Waals surface area contributed by atoms with E-state index in [-0.39, 0.29) is 6.42 Å². The third-order valence-corrected chi connectivity index (χ3v) is 4.99. The molecule has 1 N–H and O–H groups in total. The molecule has 0 saturated heterocycles. The number of carbonyl (C=O) groups is 2. The normalized spacial score (nSPS) is 13.2. The highest BCUT2D eigenvalue weighted by Crippen LogP contribution is 2.46. The number of ketones is 1. The summed E-state index contributed by atoms with van der Waals surface area (Å²) in [6.45, 7) is 5.16. The number of aromatic nitrogens is 1. The molecule has 1 amide bonds. The highest BCUT2D eigenvalue weighted by Gasteiger charge is 2.32. The van der Waals surface area contributed by atoms with E-state index in [4.69, 9.17) is 13.8 Å². The molecule has 140 valence electrons. The average molecular weight is 372 g/mol. The van der Waals surface area contributed by atoms with Crippen molar-refractivity contribution in [1.29, 1.82) is 0 Å². The van der Waals surface area contributed by atoms with Crippen LogP contribution in [0.1, 0.15) is 26.3 Å². The molecule has 9 heteroatoms. The first kappa shape index (κ1) is 21.3. The van der Waals surface area contributed by atoms with Gasteiger partial charge in [-0.25, -0.2) is 4.79 Å². The number of hydrogen-bond acceptors (Lipinski definition) is 7. The molecule has 1 aromatic rings. The number of nitrogens with one attached hydrogen (secondary N) is 1. The fourth-order valence-corrected chi connectivity index (χ4v) is 2.96. The Morgan fingerprint density at radius 1 is 1.20 bits per heavy atom. The summed E-state index contributed by atoms with van der Waals surface area (Å²) in [6, 6.07) is 2.52. The second kappa shape index (κ2) is 9.08. The fourth-order valence-electron chi connectivity index (χ4n) is 1.95. The van der Waals surface area contributed by atoms with Crippen LogP contribution in [-0.4, -0.2) is 48.9 Å². The Hall–Kier alpha value is -1.76. The molecule has 0 aromatic carbocycles. The minimum atomic E-state index is -3.53. The van der Waals surface area contributed by atoms with Gasteiger partial charge in [0.1, 0.15) is 11.8 Å². The molecule has 8 nitrogen and oxygen atoms in total. The van der Waals surface area contributed by atoms with Gasteiger partial charge in [-0.3, -0.25) is 14.3 Å². The maximum absolute atomic E-state index is 12.6. The maximum atomic E-state index is 12.6. The maximum Gasteiger partial charge on any atom is 0.408 e. The first-order valence-corrected chi connectivity index (χ1v) is 9.43. The lowest BCUT2D eigenvalue weighted by Gasteiger charge is -2.24. The number of amides is 1. The molecule has 0 fully saturated rings. The van der Waals surface area contributed by atoms with Crippen molar-refractivity contribution in [2.75, 3.05) is 20.4 Å². The van der Waals surface area contributed by atoms with Gasteiger partial charge in [0.15, 0.2) is 5.78 Å². The van der Waals surface area contributed by atoms with Crippen LogP contribution < -0.4 is 5.32 Å². The Morgan fingerprint density at radius 2 is 1.76 bits per heavy atom. The Morgan fingerprint density at radius 3 is 2.24 bits per heavy atom. The molecular formula is C16H25N2O6P. The van der Waals surface area contributed by atoms with E-state index in [0.29, 0.717) is 0 Å². The van der Waals surface area contributed by atoms with E-state index >= 15 is 0 Å². The van der Waals surface area contributed by atoms with Crippen molar-refractivity contribution in [2.45, 2.75) is 38.8 Å². The largest absolute Gasteiger partial charge is 0.444 e. The van der Waals surface area contributed by atoms with Gasteiger partial charge in [-0.05, 0) is 44.9 Å². The minimum Gasteiger partial charge on any atom is -0.444 e. The SMILES string of the molecule is COP(=O)(CC(=O)[C@H](Cc1ccncc1)NC(=O)OC(C)(C)C)OC. The summed E-state index contributed by atoms with van der Waals surface area (Å²) in [5, 5.41) is 2.53. The molecule has 0 aliphatic heterocycles. The predicted molar refractivity (Wildman–Crippen MR) is 92.6 cm³/mol. The Bertz CT molecular complexity index is 621. The minimum absolute atomic E-state index is 0.202. The van der Waals surface area contributed by atoms with Crippen molar-refractivity contribution < 1.29 is 27.9 Å². The molecule has 0 unspecified atom stereocenters. The van der Waals surface area contributed by atoms with Gasteiger partial charge in [0.05, 0.1) is 6.04 Å². The summed E-state index contributed by atoms with van der Waals surface area (Å²) < 4.78 is 27.0. The van der Waals surface area contributed by atoms with Gasteiger partial charge in [0.25, 0.3) is 0 Å². The van der Waals surface area contributed by atoms with Crippen LogP contribution in [0.25, 0.3) is 0 Å². The number of Topliss-reactive ketones (excluding diaryl/α,β-unsaturated/α-hetero) is 1. The van der Waals surface area contributed by atoms with Gasteiger partial charge >= 0.3 is 13.7 Å². The number of ether oxygens (including phenoxy) is 1. The lowest BCUT2D eigenvalue weighted by molar-refractivity contribution is -0.118. The van der Waals surface area contributed by atoms with E-state index in [2.05, 4.69) is 10.3 Å². The second-order valence-corrected chi connectivity index (χ2v) is 8.63. The number of nitrogens with zero attached hydrogens (tertiary/aromatic N) is 1. The van der Waals surface area contributed by atoms with Crippen LogP contribution in [0, 0.1) is 0 Å². The summed E-state index contributed by atoms with van der Waals surface area (Å²) in [4.78, 5) is 28.5. The molecule has 0 radical (unpaired) electrons. The first-order valence-electron chi connectivity index (χ1n) is 7.70. The Labute approximate surface area is 147 Å². The van der Waals surface area contributed by atoms with Crippen LogP contribution in [0.15, 0.2) is 24.5 Å². The topological polar surface area (TPSA) is 104 Å². The third-order valence-electron chi connectivity index (χ3n) is 3.17. The molecule has 0 aliphatic carbocycles. The van der Waals surface area contributed by atoms with Gasteiger partial charge in [0.2, 0.25) is 0 Å². The van der Waals surface area contributed by atoms with Crippen LogP contribution in [0.5, 0.6) is 0 Å². The Balaban J connectivity index is 2.92. The highest BCUT2D eigenvalue weighted by atomic mass is 31.2. The van der Waals surface area contributed by atoms with Crippen molar-refractivity contribution >= 4 is 19.5 Å².